The Labute approximate surface area is 127 Å². The van der Waals surface area contributed by atoms with E-state index in [4.69, 9.17) is 16.6 Å². The lowest BCUT2D eigenvalue weighted by Crippen LogP contribution is -1.94. The van der Waals surface area contributed by atoms with Crippen LogP contribution >= 0.6 is 23.4 Å². The topological polar surface area (TPSA) is 25.8 Å². The van der Waals surface area contributed by atoms with Gasteiger partial charge in [-0.1, -0.05) is 41.9 Å². The highest BCUT2D eigenvalue weighted by molar-refractivity contribution is 7.98. The summed E-state index contributed by atoms with van der Waals surface area (Å²) in [5.74, 6) is 0.682. The molecule has 0 fully saturated rings. The third-order valence-electron chi connectivity index (χ3n) is 3.23. The number of para-hydroxylation sites is 1. The van der Waals surface area contributed by atoms with E-state index >= 15 is 0 Å². The molecule has 4 heteroatoms. The molecule has 0 saturated heterocycles. The van der Waals surface area contributed by atoms with Crippen molar-refractivity contribution in [2.75, 3.05) is 6.26 Å². The zero-order valence-electron chi connectivity index (χ0n) is 11.2. The van der Waals surface area contributed by atoms with Gasteiger partial charge in [0.1, 0.15) is 5.15 Å². The Morgan fingerprint density at radius 3 is 2.60 bits per heavy atom. The second-order valence-electron chi connectivity index (χ2n) is 4.51. The number of rotatable bonds is 2. The molecule has 0 saturated carbocycles. The maximum Gasteiger partial charge on any atom is 0.162 e. The maximum atomic E-state index is 6.32. The van der Waals surface area contributed by atoms with Gasteiger partial charge >= 0.3 is 0 Å². The van der Waals surface area contributed by atoms with Crippen molar-refractivity contribution in [1.29, 1.82) is 0 Å². The van der Waals surface area contributed by atoms with Gasteiger partial charge in [0.2, 0.25) is 0 Å². The van der Waals surface area contributed by atoms with Crippen LogP contribution in [0.3, 0.4) is 0 Å². The van der Waals surface area contributed by atoms with Crippen LogP contribution in [0.15, 0.2) is 47.4 Å². The Hall–Kier alpha value is -1.58. The van der Waals surface area contributed by atoms with Gasteiger partial charge in [0.15, 0.2) is 5.82 Å². The summed E-state index contributed by atoms with van der Waals surface area (Å²) in [4.78, 5) is 10.3. The van der Waals surface area contributed by atoms with Gasteiger partial charge in [-0.3, -0.25) is 0 Å². The van der Waals surface area contributed by atoms with Gasteiger partial charge < -0.3 is 0 Å². The molecule has 1 heterocycles. The molecule has 0 amide bonds. The molecule has 0 spiro atoms. The van der Waals surface area contributed by atoms with Crippen molar-refractivity contribution < 1.29 is 0 Å². The van der Waals surface area contributed by atoms with E-state index in [9.17, 15) is 0 Å². The smallest absolute Gasteiger partial charge is 0.162 e. The van der Waals surface area contributed by atoms with Gasteiger partial charge in [0.25, 0.3) is 0 Å². The molecular weight excluding hydrogens is 288 g/mol. The normalized spacial score (nSPS) is 10.9. The van der Waals surface area contributed by atoms with Crippen molar-refractivity contribution in [2.24, 2.45) is 0 Å². The Bertz CT molecular complexity index is 787. The van der Waals surface area contributed by atoms with Gasteiger partial charge in [0, 0.05) is 15.8 Å². The van der Waals surface area contributed by atoms with Crippen LogP contribution < -0.4 is 0 Å². The molecule has 0 aliphatic rings. The summed E-state index contributed by atoms with van der Waals surface area (Å²) in [5, 5.41) is 1.40. The van der Waals surface area contributed by atoms with Crippen molar-refractivity contribution in [3.05, 3.63) is 53.2 Å². The molecule has 2 aromatic carbocycles. The standard InChI is InChI=1S/C16H13ClN2S/c1-10-6-5-8-12-14(10)18-16(19-15(12)17)11-7-3-4-9-13(11)20-2/h3-9H,1-2H3. The molecule has 3 aromatic rings. The van der Waals surface area contributed by atoms with Gasteiger partial charge in [-0.15, -0.1) is 11.8 Å². The number of hydrogen-bond donors (Lipinski definition) is 0. The van der Waals surface area contributed by atoms with Crippen LogP contribution in [0, 0.1) is 6.92 Å². The first kappa shape index (κ1) is 13.4. The molecule has 0 unspecified atom stereocenters. The predicted octanol–water partition coefficient (Wildman–Crippen LogP) is 4.98. The Kier molecular flexibility index (Phi) is 3.64. The van der Waals surface area contributed by atoms with Gasteiger partial charge in [-0.2, -0.15) is 0 Å². The first-order valence-electron chi connectivity index (χ1n) is 6.27. The number of aryl methyl sites for hydroxylation is 1. The minimum absolute atomic E-state index is 0.504. The van der Waals surface area contributed by atoms with Crippen molar-refractivity contribution in [1.82, 2.24) is 9.97 Å². The number of nitrogens with zero attached hydrogens (tertiary/aromatic N) is 2. The number of fused-ring (bicyclic) bond motifs is 1. The number of benzene rings is 2. The Balaban J connectivity index is 2.30. The lowest BCUT2D eigenvalue weighted by atomic mass is 10.1. The van der Waals surface area contributed by atoms with Crippen molar-refractivity contribution in [3.63, 3.8) is 0 Å². The van der Waals surface area contributed by atoms with E-state index in [1.807, 2.05) is 49.6 Å². The van der Waals surface area contributed by atoms with Crippen LogP contribution in [-0.4, -0.2) is 16.2 Å². The van der Waals surface area contributed by atoms with Crippen LogP contribution in [0.5, 0.6) is 0 Å². The minimum atomic E-state index is 0.504. The molecule has 0 atom stereocenters. The van der Waals surface area contributed by atoms with E-state index in [1.54, 1.807) is 11.8 Å². The monoisotopic (exact) mass is 300 g/mol. The SMILES string of the molecule is CSc1ccccc1-c1nc(Cl)c2cccc(C)c2n1. The number of halogens is 1. The maximum absolute atomic E-state index is 6.32. The molecule has 0 aliphatic carbocycles. The highest BCUT2D eigenvalue weighted by Crippen LogP contribution is 2.31. The first-order valence-corrected chi connectivity index (χ1v) is 7.87. The summed E-state index contributed by atoms with van der Waals surface area (Å²) in [5.41, 5.74) is 3.04. The van der Waals surface area contributed by atoms with Crippen molar-refractivity contribution in [3.8, 4) is 11.4 Å². The van der Waals surface area contributed by atoms with E-state index in [0.717, 1.165) is 26.9 Å². The van der Waals surface area contributed by atoms with E-state index in [0.29, 0.717) is 11.0 Å². The minimum Gasteiger partial charge on any atom is -0.228 e. The largest absolute Gasteiger partial charge is 0.228 e. The van der Waals surface area contributed by atoms with Crippen molar-refractivity contribution in [2.45, 2.75) is 11.8 Å². The van der Waals surface area contributed by atoms with E-state index in [-0.39, 0.29) is 0 Å². The van der Waals surface area contributed by atoms with Crippen LogP contribution in [0.25, 0.3) is 22.3 Å². The van der Waals surface area contributed by atoms with Crippen LogP contribution in [-0.2, 0) is 0 Å². The molecular formula is C16H13ClN2S. The lowest BCUT2D eigenvalue weighted by molar-refractivity contribution is 1.20. The summed E-state index contributed by atoms with van der Waals surface area (Å²) < 4.78 is 0. The lowest BCUT2D eigenvalue weighted by Gasteiger charge is -2.09. The van der Waals surface area contributed by atoms with Crippen LogP contribution in [0.2, 0.25) is 5.15 Å². The predicted molar refractivity (Wildman–Crippen MR) is 86.5 cm³/mol. The number of thioether (sulfide) groups is 1. The summed E-state index contributed by atoms with van der Waals surface area (Å²) in [6.45, 7) is 2.04. The molecule has 0 radical (unpaired) electrons. The third kappa shape index (κ3) is 2.28. The van der Waals surface area contributed by atoms with Gasteiger partial charge in [-0.25, -0.2) is 9.97 Å². The third-order valence-corrected chi connectivity index (χ3v) is 4.31. The van der Waals surface area contributed by atoms with Crippen molar-refractivity contribution >= 4 is 34.3 Å². The number of aromatic nitrogens is 2. The first-order chi connectivity index (χ1) is 9.70. The molecule has 100 valence electrons. The van der Waals surface area contributed by atoms with Gasteiger partial charge in [0.05, 0.1) is 5.52 Å². The molecule has 0 aliphatic heterocycles. The van der Waals surface area contributed by atoms with E-state index < -0.39 is 0 Å². The van der Waals surface area contributed by atoms with E-state index in [2.05, 4.69) is 11.1 Å². The molecule has 20 heavy (non-hydrogen) atoms. The van der Waals surface area contributed by atoms with Crippen LogP contribution in [0.4, 0.5) is 0 Å². The highest BCUT2D eigenvalue weighted by atomic mass is 35.5. The summed E-state index contributed by atoms with van der Waals surface area (Å²) in [7, 11) is 0. The zero-order valence-corrected chi connectivity index (χ0v) is 12.8. The summed E-state index contributed by atoms with van der Waals surface area (Å²) >= 11 is 8.00. The van der Waals surface area contributed by atoms with Gasteiger partial charge in [-0.05, 0) is 30.9 Å². The summed E-state index contributed by atoms with van der Waals surface area (Å²) in [6, 6.07) is 14.1. The molecule has 0 N–H and O–H groups in total. The average molecular weight is 301 g/mol. The second kappa shape index (κ2) is 5.43. The fourth-order valence-electron chi connectivity index (χ4n) is 2.21. The highest BCUT2D eigenvalue weighted by Gasteiger charge is 2.11. The average Bonchev–Trinajstić information content (AvgIpc) is 2.48. The molecule has 3 rings (SSSR count). The Morgan fingerprint density at radius 2 is 1.80 bits per heavy atom. The number of hydrogen-bond acceptors (Lipinski definition) is 3. The molecule has 2 nitrogen and oxygen atoms in total. The molecule has 0 bridgehead atoms. The molecule has 1 aromatic heterocycles. The Morgan fingerprint density at radius 1 is 1.00 bits per heavy atom. The van der Waals surface area contributed by atoms with Crippen LogP contribution in [0.1, 0.15) is 5.56 Å². The van der Waals surface area contributed by atoms with E-state index in [1.165, 1.54) is 0 Å². The fourth-order valence-corrected chi connectivity index (χ4v) is 3.03. The fraction of sp³-hybridized carbons (Fsp3) is 0.125. The second-order valence-corrected chi connectivity index (χ2v) is 5.72. The summed E-state index contributed by atoms with van der Waals surface area (Å²) in [6.07, 6.45) is 2.05. The quantitative estimate of drug-likeness (QED) is 0.493. The zero-order chi connectivity index (χ0) is 14.1.